The maximum Gasteiger partial charge on any atom is 0.376 e. The first-order valence-electron chi connectivity index (χ1n) is 43.6. The number of thiazole rings is 1. The number of aldehydes is 1. The van der Waals surface area contributed by atoms with Crippen LogP contribution in [-0.2, 0) is 14.4 Å². The number of hydrogen-bond acceptors (Lipinski definition) is 23. The van der Waals surface area contributed by atoms with Crippen molar-refractivity contribution in [1.29, 1.82) is 0 Å². The number of rotatable bonds is 18. The molecule has 0 radical (unpaired) electrons. The molecule has 0 aliphatic carbocycles. The molecule has 0 atom stereocenters. The first-order valence-corrected chi connectivity index (χ1v) is 46.8. The average molecular weight is 1880 g/mol. The van der Waals surface area contributed by atoms with Crippen molar-refractivity contribution < 1.29 is 59.2 Å². The summed E-state index contributed by atoms with van der Waals surface area (Å²) in [4.78, 5) is 53.1. The molecule has 10 N–H and O–H groups in total. The van der Waals surface area contributed by atoms with Gasteiger partial charge in [-0.15, -0.1) is 21.5 Å². The van der Waals surface area contributed by atoms with E-state index in [2.05, 4.69) is 142 Å². The van der Waals surface area contributed by atoms with Crippen molar-refractivity contribution in [3.63, 3.8) is 0 Å². The molecule has 8 heterocycles. The van der Waals surface area contributed by atoms with E-state index in [1.165, 1.54) is 61.0 Å². The number of aryl methyl sites for hydroxylation is 1. The number of aliphatic hydroxyl groups is 2. The standard InChI is InChI=1S/C17H21BN2OS.C15H19BBrNO2.C15H18BN3O2.C15H20BNO2.C14H18BNO2.C13H17BBrNO.C2H5NS.C2H6O.CH4O/c1-13-19-16(12-22-13)17(14-6-4-3-5-7-14)15-8-10-20(11-9-15)18(2)21;1-16(20)18-9-7-13(8-10-18)15(14(19)11-17)12-5-3-2-4-6-12;1-16(20)19-9-7-13(8-10-19)14(15-18-17-11-21-15)12-5-3-2-4-6-12;1-12(18)15(13-6-4-3-5-7-13)14-8-10-17(11-9-14)16(2)19;1-15(18)16-9-7-13(8-10-16)14(11-17)12-5-3-2-4-6-12;1-14(17)16-9-7-12(8-10-16)13(15)11-5-3-2-4-6-11;1-2(3)4;1-2-3;1-2/h3-7,12,21H,8-11H2,1-2H3;2-6,20H,7-11H2,1H3;2-6,11,20H,7-10H2,1H3;3-7,19H,8-11H2,1-2H3;2-6,11,18H,7-10H2,1H3;2-6,17H,7-10H2,1H3;1H3,(H2,3,4);3H,2H2,1H3;2H,1H3. The van der Waals surface area contributed by atoms with Crippen LogP contribution < -0.4 is 5.73 Å². The Morgan fingerprint density at radius 3 is 1.03 bits per heavy atom. The Balaban J connectivity index is 0.000000229. The zero-order chi connectivity index (χ0) is 92.0. The van der Waals surface area contributed by atoms with Crippen molar-refractivity contribution in [3.05, 3.63) is 277 Å². The lowest BCUT2D eigenvalue weighted by atomic mass is 9.81. The molecule has 0 unspecified atom stereocenters. The third kappa shape index (κ3) is 35.6. The van der Waals surface area contributed by atoms with Crippen LogP contribution in [0.1, 0.15) is 148 Å². The molecule has 2 aromatic heterocycles. The number of benzene rings is 6. The van der Waals surface area contributed by atoms with Crippen molar-refractivity contribution in [2.75, 3.05) is 97.6 Å². The normalized spacial score (nSPS) is 15.5. The Bertz CT molecular complexity index is 4690. The zero-order valence-electron chi connectivity index (χ0n) is 75.3. The molecular weight excluding hydrogens is 1750 g/mol. The Labute approximate surface area is 776 Å². The molecule has 8 aromatic rings. The first kappa shape index (κ1) is 107. The van der Waals surface area contributed by atoms with Gasteiger partial charge in [0, 0.05) is 51.4 Å². The predicted molar refractivity (Wildman–Crippen MR) is 535 cm³/mol. The number of nitrogens with zero attached hydrogens (tertiary/aromatic N) is 9. The number of alkyl halides is 1. The smallest absolute Gasteiger partial charge is 0.376 e. The van der Waals surface area contributed by atoms with Gasteiger partial charge in [-0.25, -0.2) is 4.98 Å². The first-order chi connectivity index (χ1) is 60.7. The van der Waals surface area contributed by atoms with Gasteiger partial charge in [-0.3, -0.25) is 14.4 Å². The molecule has 0 amide bonds. The summed E-state index contributed by atoms with van der Waals surface area (Å²) >= 11 is 13.0. The van der Waals surface area contributed by atoms with Gasteiger partial charge in [0.2, 0.25) is 12.3 Å². The lowest BCUT2D eigenvalue weighted by Gasteiger charge is -2.30. The Kier molecular flexibility index (Phi) is 49.9. The largest absolute Gasteiger partial charge is 0.437 e. The number of carbonyl (C=O) groups excluding carboxylic acids is 3. The summed E-state index contributed by atoms with van der Waals surface area (Å²) in [6.45, 7) is 28.4. The van der Waals surface area contributed by atoms with E-state index in [1.54, 1.807) is 52.6 Å². The molecule has 6 aromatic carbocycles. The van der Waals surface area contributed by atoms with Crippen LogP contribution in [0.3, 0.4) is 0 Å². The highest BCUT2D eigenvalue weighted by Gasteiger charge is 2.31. The van der Waals surface area contributed by atoms with Crippen molar-refractivity contribution in [3.8, 4) is 0 Å². The van der Waals surface area contributed by atoms with Crippen LogP contribution in [0.15, 0.2) is 232 Å². The third-order valence-electron chi connectivity index (χ3n) is 22.4. The molecule has 6 aliphatic rings. The van der Waals surface area contributed by atoms with Gasteiger partial charge in [0.15, 0.2) is 17.9 Å². The summed E-state index contributed by atoms with van der Waals surface area (Å²) in [7, 11) is -1.30. The second-order valence-electron chi connectivity index (χ2n) is 31.2. The van der Waals surface area contributed by atoms with Crippen LogP contribution in [-0.4, -0.2) is 247 Å². The van der Waals surface area contributed by atoms with Gasteiger partial charge in [-0.1, -0.05) is 260 Å². The summed E-state index contributed by atoms with van der Waals surface area (Å²) in [5, 5.41) is 83.7. The number of piperidine rings is 6. The maximum absolute atomic E-state index is 12.3. The van der Waals surface area contributed by atoms with E-state index in [1.807, 2.05) is 156 Å². The molecule has 22 nitrogen and oxygen atoms in total. The number of allylic oxidation sites excluding steroid dienone is 3. The minimum absolute atomic E-state index is 0.131. The van der Waals surface area contributed by atoms with Gasteiger partial charge in [0.1, 0.15) is 0 Å². The van der Waals surface area contributed by atoms with Gasteiger partial charge in [0.25, 0.3) is 0 Å². The molecule has 14 rings (SSSR count). The third-order valence-corrected chi connectivity index (χ3v) is 24.7. The van der Waals surface area contributed by atoms with Gasteiger partial charge in [-0.05, 0) is 258 Å². The molecule has 126 heavy (non-hydrogen) atoms. The number of ketones is 2. The number of Topliss-reactive ketones (excluding diaryl/α,β-unsaturated/α-hetero) is 2. The van der Waals surface area contributed by atoms with Crippen molar-refractivity contribution >= 4 is 153 Å². The lowest BCUT2D eigenvalue weighted by Crippen LogP contribution is -2.41. The summed E-state index contributed by atoms with van der Waals surface area (Å²) < 4.78 is 6.66. The number of hydrogen-bond donors (Lipinski definition) is 9. The van der Waals surface area contributed by atoms with E-state index in [0.717, 1.165) is 224 Å². The fraction of sp³-hybridized carbons (Fsp3) is 0.394. The van der Waals surface area contributed by atoms with Crippen LogP contribution in [0.25, 0.3) is 32.3 Å². The summed E-state index contributed by atoms with van der Waals surface area (Å²) in [6, 6.07) is 60.6. The van der Waals surface area contributed by atoms with Crippen LogP contribution in [0.2, 0.25) is 40.9 Å². The molecule has 0 bridgehead atoms. The molecular formula is C94H128B6Br2N10O12S2. The van der Waals surface area contributed by atoms with Crippen LogP contribution in [0.4, 0.5) is 0 Å². The fourth-order valence-corrected chi connectivity index (χ4v) is 17.3. The Morgan fingerprint density at radius 2 is 0.738 bits per heavy atom. The van der Waals surface area contributed by atoms with Gasteiger partial charge >= 0.3 is 42.3 Å². The van der Waals surface area contributed by atoms with Gasteiger partial charge in [0.05, 0.1) is 21.0 Å². The SMILES string of the molecule is CB(O)N1CCC(=C(Br)c2ccccc2)CC1.CB(O)N1CCC(=C(C(=O)CBr)c2ccccc2)CC1.CB(O)N1CCC(=C(C(C)=O)c2ccccc2)CC1.CB(O)N1CCC(=C(C=O)c2ccccc2)CC1.CB(O)N1CCC(=C(c2ccccc2)c2csc(C)n2)CC1.CB(O)N1CCC(=C(c2ccccc2)c2nnco2)CC1.CC(N)=S.CCO.CO. The Hall–Kier alpha value is -7.78. The van der Waals surface area contributed by atoms with E-state index in [9.17, 15) is 44.5 Å². The highest BCUT2D eigenvalue weighted by molar-refractivity contribution is 9.15. The highest BCUT2D eigenvalue weighted by atomic mass is 79.9. The average Bonchev–Trinajstić information content (AvgIpc) is 1.52. The number of nitrogens with two attached hydrogens (primary N) is 1. The molecule has 32 heteroatoms. The number of aromatic nitrogens is 3. The fourth-order valence-electron chi connectivity index (χ4n) is 15.7. The second-order valence-corrected chi connectivity index (χ2v) is 34.3. The minimum atomic E-state index is -0.413. The molecule has 670 valence electrons. The van der Waals surface area contributed by atoms with Crippen molar-refractivity contribution in [2.45, 2.75) is 146 Å². The van der Waals surface area contributed by atoms with E-state index in [-0.39, 0.29) is 32.3 Å². The van der Waals surface area contributed by atoms with Crippen molar-refractivity contribution in [2.24, 2.45) is 5.73 Å². The van der Waals surface area contributed by atoms with Crippen LogP contribution >= 0.6 is 55.4 Å². The number of carbonyl (C=O) groups is 3. The number of thiocarbonyl (C=S) groups is 1. The highest BCUT2D eigenvalue weighted by Crippen LogP contribution is 2.37. The van der Waals surface area contributed by atoms with Crippen molar-refractivity contribution in [1.82, 2.24) is 44.0 Å². The Morgan fingerprint density at radius 1 is 0.460 bits per heavy atom. The van der Waals surface area contributed by atoms with Crippen LogP contribution in [0, 0.1) is 6.92 Å². The predicted octanol–water partition coefficient (Wildman–Crippen LogP) is 15.1. The minimum Gasteiger partial charge on any atom is -0.437 e. The number of aliphatic hydroxyl groups excluding tert-OH is 2. The molecule has 6 fully saturated rings. The topological polar surface area (TPSA) is 310 Å². The lowest BCUT2D eigenvalue weighted by molar-refractivity contribution is -0.112. The molecule has 6 aliphatic heterocycles. The summed E-state index contributed by atoms with van der Waals surface area (Å²) in [5.74, 6) is 0.838. The van der Waals surface area contributed by atoms with E-state index >= 15 is 0 Å². The van der Waals surface area contributed by atoms with Crippen LogP contribution in [0.5, 0.6) is 0 Å². The van der Waals surface area contributed by atoms with E-state index in [4.69, 9.17) is 25.3 Å². The quantitative estimate of drug-likeness (QED) is 0.0127. The summed E-state index contributed by atoms with van der Waals surface area (Å²) in [5.41, 5.74) is 25.2. The molecule has 6 saturated heterocycles. The second kappa shape index (κ2) is 58.7. The summed E-state index contributed by atoms with van der Waals surface area (Å²) in [6.07, 6.45) is 13.3. The van der Waals surface area contributed by atoms with Gasteiger partial charge in [-0.2, -0.15) is 0 Å². The van der Waals surface area contributed by atoms with E-state index < -0.39 is 28.2 Å². The van der Waals surface area contributed by atoms with Gasteiger partial charge < -0.3 is 79.4 Å². The van der Waals surface area contributed by atoms with E-state index in [0.29, 0.717) is 16.2 Å². The zero-order valence-corrected chi connectivity index (χ0v) is 80.1. The molecule has 0 spiro atoms. The monoisotopic (exact) mass is 1880 g/mol. The molecule has 0 saturated carbocycles. The maximum atomic E-state index is 12.3. The number of halogens is 2.